The van der Waals surface area contributed by atoms with Gasteiger partial charge in [-0.05, 0) is 24.6 Å². The van der Waals surface area contributed by atoms with Crippen LogP contribution in [0.15, 0.2) is 22.7 Å². The second-order valence-electron chi connectivity index (χ2n) is 4.06. The highest BCUT2D eigenvalue weighted by molar-refractivity contribution is 9.10. The van der Waals surface area contributed by atoms with Crippen LogP contribution in [0.25, 0.3) is 0 Å². The minimum absolute atomic E-state index is 0.0119. The molecule has 1 unspecified atom stereocenters. The zero-order valence-electron chi connectivity index (χ0n) is 9.48. The first kappa shape index (κ1) is 12.9. The topological polar surface area (TPSA) is 75.6 Å². The Morgan fingerprint density at radius 3 is 2.94 bits per heavy atom. The summed E-state index contributed by atoms with van der Waals surface area (Å²) in [4.78, 5) is 22.1. The van der Waals surface area contributed by atoms with Crippen LogP contribution in [0.4, 0.5) is 0 Å². The molecule has 2 N–H and O–H groups in total. The van der Waals surface area contributed by atoms with Crippen LogP contribution in [-0.4, -0.2) is 29.6 Å². The Morgan fingerprint density at radius 1 is 1.56 bits per heavy atom. The summed E-state index contributed by atoms with van der Waals surface area (Å²) in [5.41, 5.74) is 0.105. The molecule has 1 saturated heterocycles. The number of carbonyl (C=O) groups excluding carboxylic acids is 1. The number of nitrogens with one attached hydrogen (secondary N) is 1. The molecule has 1 aromatic rings. The molecule has 96 valence electrons. The molecule has 0 aliphatic carbocycles. The lowest BCUT2D eigenvalue weighted by atomic mass is 10.2. The van der Waals surface area contributed by atoms with Gasteiger partial charge in [0.2, 0.25) is 5.91 Å². The largest absolute Gasteiger partial charge is 0.491 e. The van der Waals surface area contributed by atoms with Gasteiger partial charge >= 0.3 is 5.97 Å². The van der Waals surface area contributed by atoms with Crippen LogP contribution in [0.5, 0.6) is 5.75 Å². The highest BCUT2D eigenvalue weighted by Crippen LogP contribution is 2.23. The number of hydrogen-bond acceptors (Lipinski definition) is 3. The summed E-state index contributed by atoms with van der Waals surface area (Å²) in [7, 11) is 0. The van der Waals surface area contributed by atoms with Crippen molar-refractivity contribution < 1.29 is 19.4 Å². The van der Waals surface area contributed by atoms with Crippen molar-refractivity contribution >= 4 is 27.8 Å². The molecule has 5 nitrogen and oxygen atoms in total. The quantitative estimate of drug-likeness (QED) is 0.889. The molecule has 1 aliphatic heterocycles. The van der Waals surface area contributed by atoms with E-state index in [1.54, 1.807) is 12.1 Å². The summed E-state index contributed by atoms with van der Waals surface area (Å²) in [6.45, 7) is 0.285. The Hall–Kier alpha value is -1.56. The fourth-order valence-electron chi connectivity index (χ4n) is 1.79. The van der Waals surface area contributed by atoms with E-state index in [1.807, 2.05) is 0 Å². The van der Waals surface area contributed by atoms with Gasteiger partial charge < -0.3 is 15.2 Å². The molecule has 1 heterocycles. The molecule has 1 atom stereocenters. The SMILES string of the molecule is O=C1CCC(COc2ccc(Br)cc2C(=O)O)N1. The van der Waals surface area contributed by atoms with E-state index in [0.717, 1.165) is 6.42 Å². The van der Waals surface area contributed by atoms with Crippen molar-refractivity contribution in [3.63, 3.8) is 0 Å². The fraction of sp³-hybridized carbons (Fsp3) is 0.333. The van der Waals surface area contributed by atoms with Gasteiger partial charge in [0.25, 0.3) is 0 Å². The Labute approximate surface area is 112 Å². The van der Waals surface area contributed by atoms with E-state index < -0.39 is 5.97 Å². The summed E-state index contributed by atoms with van der Waals surface area (Å²) >= 11 is 3.21. The average Bonchev–Trinajstić information content (AvgIpc) is 2.73. The molecule has 1 amide bonds. The Balaban J connectivity index is 2.04. The minimum Gasteiger partial charge on any atom is -0.491 e. The number of amides is 1. The standard InChI is InChI=1S/C12H12BrNO4/c13-7-1-3-10(9(5-7)12(16)17)18-6-8-2-4-11(15)14-8/h1,3,5,8H,2,4,6H2,(H,14,15)(H,16,17). The van der Waals surface area contributed by atoms with Gasteiger partial charge in [-0.3, -0.25) is 4.79 Å². The van der Waals surface area contributed by atoms with E-state index in [1.165, 1.54) is 6.07 Å². The summed E-state index contributed by atoms with van der Waals surface area (Å²) in [5, 5.41) is 11.8. The smallest absolute Gasteiger partial charge is 0.339 e. The van der Waals surface area contributed by atoms with Crippen molar-refractivity contribution in [3.8, 4) is 5.75 Å². The van der Waals surface area contributed by atoms with E-state index in [-0.39, 0.29) is 24.1 Å². The third kappa shape index (κ3) is 3.01. The Kier molecular flexibility index (Phi) is 3.86. The lowest BCUT2D eigenvalue weighted by Crippen LogP contribution is -2.31. The van der Waals surface area contributed by atoms with E-state index in [0.29, 0.717) is 16.6 Å². The van der Waals surface area contributed by atoms with Crippen LogP contribution in [0, 0.1) is 0 Å². The molecule has 0 radical (unpaired) electrons. The second kappa shape index (κ2) is 5.39. The minimum atomic E-state index is -1.04. The number of carboxylic acid groups (broad SMARTS) is 1. The number of benzene rings is 1. The van der Waals surface area contributed by atoms with Crippen molar-refractivity contribution in [3.05, 3.63) is 28.2 Å². The van der Waals surface area contributed by atoms with Crippen molar-refractivity contribution in [2.45, 2.75) is 18.9 Å². The highest BCUT2D eigenvalue weighted by Gasteiger charge is 2.22. The van der Waals surface area contributed by atoms with Crippen LogP contribution in [0.1, 0.15) is 23.2 Å². The number of ether oxygens (including phenoxy) is 1. The number of rotatable bonds is 4. The molecule has 0 saturated carbocycles. The average molecular weight is 314 g/mol. The first-order valence-electron chi connectivity index (χ1n) is 5.51. The van der Waals surface area contributed by atoms with Crippen LogP contribution in [0.3, 0.4) is 0 Å². The van der Waals surface area contributed by atoms with E-state index in [2.05, 4.69) is 21.2 Å². The Bertz CT molecular complexity index is 489. The third-order valence-electron chi connectivity index (χ3n) is 2.70. The number of halogens is 1. The van der Waals surface area contributed by atoms with E-state index >= 15 is 0 Å². The number of carbonyl (C=O) groups is 2. The van der Waals surface area contributed by atoms with Crippen LogP contribution in [0.2, 0.25) is 0 Å². The van der Waals surface area contributed by atoms with Gasteiger partial charge in [0.15, 0.2) is 0 Å². The molecule has 0 aromatic heterocycles. The van der Waals surface area contributed by atoms with Crippen LogP contribution in [-0.2, 0) is 4.79 Å². The molecule has 1 aliphatic rings. The highest BCUT2D eigenvalue weighted by atomic mass is 79.9. The molecular formula is C12H12BrNO4. The van der Waals surface area contributed by atoms with E-state index in [4.69, 9.17) is 9.84 Å². The first-order valence-corrected chi connectivity index (χ1v) is 6.30. The number of aromatic carboxylic acids is 1. The molecule has 1 fully saturated rings. The van der Waals surface area contributed by atoms with Crippen LogP contribution >= 0.6 is 15.9 Å². The molecule has 0 bridgehead atoms. The van der Waals surface area contributed by atoms with Crippen LogP contribution < -0.4 is 10.1 Å². The molecule has 0 spiro atoms. The molecule has 18 heavy (non-hydrogen) atoms. The van der Waals surface area contributed by atoms with Gasteiger partial charge in [-0.1, -0.05) is 15.9 Å². The van der Waals surface area contributed by atoms with Gasteiger partial charge in [-0.15, -0.1) is 0 Å². The summed E-state index contributed by atoms with van der Waals surface area (Å²) < 4.78 is 6.15. The predicted octanol–water partition coefficient (Wildman–Crippen LogP) is 1.80. The van der Waals surface area contributed by atoms with Gasteiger partial charge in [-0.2, -0.15) is 0 Å². The molecule has 6 heteroatoms. The number of carboxylic acids is 1. The van der Waals surface area contributed by atoms with Gasteiger partial charge in [-0.25, -0.2) is 4.79 Å². The summed E-state index contributed by atoms with van der Waals surface area (Å²) in [5.74, 6) is -0.716. The number of hydrogen-bond donors (Lipinski definition) is 2. The predicted molar refractivity (Wildman–Crippen MR) is 67.8 cm³/mol. The lowest BCUT2D eigenvalue weighted by molar-refractivity contribution is -0.119. The van der Waals surface area contributed by atoms with Crippen molar-refractivity contribution in [2.24, 2.45) is 0 Å². The van der Waals surface area contributed by atoms with Crippen molar-refractivity contribution in [1.29, 1.82) is 0 Å². The monoisotopic (exact) mass is 313 g/mol. The molecule has 2 rings (SSSR count). The van der Waals surface area contributed by atoms with Gasteiger partial charge in [0, 0.05) is 10.9 Å². The second-order valence-corrected chi connectivity index (χ2v) is 4.98. The van der Waals surface area contributed by atoms with Crippen molar-refractivity contribution in [1.82, 2.24) is 5.32 Å². The van der Waals surface area contributed by atoms with Gasteiger partial charge in [0.05, 0.1) is 6.04 Å². The van der Waals surface area contributed by atoms with Gasteiger partial charge in [0.1, 0.15) is 17.9 Å². The normalized spacial score (nSPS) is 18.5. The van der Waals surface area contributed by atoms with E-state index in [9.17, 15) is 9.59 Å². The maximum absolute atomic E-state index is 11.1. The maximum atomic E-state index is 11.1. The zero-order chi connectivity index (χ0) is 13.1. The maximum Gasteiger partial charge on any atom is 0.339 e. The van der Waals surface area contributed by atoms with Crippen molar-refractivity contribution in [2.75, 3.05) is 6.61 Å². The molecule has 1 aromatic carbocycles. The summed E-state index contributed by atoms with van der Waals surface area (Å²) in [6, 6.07) is 4.77. The lowest BCUT2D eigenvalue weighted by Gasteiger charge is -2.13. The molecular weight excluding hydrogens is 302 g/mol. The Morgan fingerprint density at radius 2 is 2.33 bits per heavy atom. The first-order chi connectivity index (χ1) is 8.56. The third-order valence-corrected chi connectivity index (χ3v) is 3.19. The zero-order valence-corrected chi connectivity index (χ0v) is 11.1. The summed E-state index contributed by atoms with van der Waals surface area (Å²) in [6.07, 6.45) is 1.22. The fourth-order valence-corrected chi connectivity index (χ4v) is 2.15.